The number of rotatable bonds is 2. The van der Waals surface area contributed by atoms with Gasteiger partial charge in [-0.1, -0.05) is 6.92 Å². The molecule has 1 aromatic rings. The number of aryl methyl sites for hydroxylation is 1. The van der Waals surface area contributed by atoms with Crippen LogP contribution in [0.1, 0.15) is 30.5 Å². The summed E-state index contributed by atoms with van der Waals surface area (Å²) in [6, 6.07) is 0.200. The van der Waals surface area contributed by atoms with Crippen LogP contribution < -0.4 is 5.73 Å². The Hall–Kier alpha value is -0.760. The zero-order valence-electron chi connectivity index (χ0n) is 6.52. The Morgan fingerprint density at radius 2 is 2.30 bits per heavy atom. The van der Waals surface area contributed by atoms with E-state index in [1.807, 2.05) is 12.4 Å². The fraction of sp³-hybridized carbons (Fsp3) is 0.500. The SMILES string of the molecule is CCC(N)c1c[nH]cc1C. The van der Waals surface area contributed by atoms with Crippen molar-refractivity contribution in [2.75, 3.05) is 0 Å². The number of H-pyrrole nitrogens is 1. The van der Waals surface area contributed by atoms with Crippen molar-refractivity contribution < 1.29 is 0 Å². The van der Waals surface area contributed by atoms with E-state index < -0.39 is 0 Å². The molecule has 0 aliphatic carbocycles. The van der Waals surface area contributed by atoms with Crippen molar-refractivity contribution in [3.8, 4) is 0 Å². The summed E-state index contributed by atoms with van der Waals surface area (Å²) in [4.78, 5) is 3.03. The molecule has 0 spiro atoms. The van der Waals surface area contributed by atoms with E-state index in [4.69, 9.17) is 5.73 Å². The average Bonchev–Trinajstić information content (AvgIpc) is 2.34. The van der Waals surface area contributed by atoms with Crippen molar-refractivity contribution in [2.24, 2.45) is 5.73 Å². The summed E-state index contributed by atoms with van der Waals surface area (Å²) >= 11 is 0. The fourth-order valence-corrected chi connectivity index (χ4v) is 1.07. The molecular formula is C8H14N2. The van der Waals surface area contributed by atoms with Gasteiger partial charge in [-0.25, -0.2) is 0 Å². The van der Waals surface area contributed by atoms with Gasteiger partial charge in [0.05, 0.1) is 0 Å². The van der Waals surface area contributed by atoms with Gasteiger partial charge in [-0.15, -0.1) is 0 Å². The summed E-state index contributed by atoms with van der Waals surface area (Å²) in [5.41, 5.74) is 8.32. The third-order valence-electron chi connectivity index (χ3n) is 1.83. The van der Waals surface area contributed by atoms with E-state index in [9.17, 15) is 0 Å². The van der Waals surface area contributed by atoms with E-state index in [0.717, 1.165) is 6.42 Å². The smallest absolute Gasteiger partial charge is 0.0309 e. The minimum atomic E-state index is 0.200. The minimum absolute atomic E-state index is 0.200. The van der Waals surface area contributed by atoms with Crippen LogP contribution in [0.15, 0.2) is 12.4 Å². The molecule has 1 heterocycles. The van der Waals surface area contributed by atoms with Gasteiger partial charge in [0.1, 0.15) is 0 Å². The van der Waals surface area contributed by atoms with Crippen LogP contribution in [-0.4, -0.2) is 4.98 Å². The van der Waals surface area contributed by atoms with Crippen LogP contribution in [-0.2, 0) is 0 Å². The lowest BCUT2D eigenvalue weighted by Gasteiger charge is -2.06. The second-order valence-electron chi connectivity index (χ2n) is 2.61. The zero-order valence-corrected chi connectivity index (χ0v) is 6.52. The molecule has 2 nitrogen and oxygen atoms in total. The molecule has 0 saturated heterocycles. The highest BCUT2D eigenvalue weighted by Gasteiger charge is 2.05. The Labute approximate surface area is 61.4 Å². The number of nitrogens with one attached hydrogen (secondary N) is 1. The van der Waals surface area contributed by atoms with Crippen LogP contribution in [0.25, 0.3) is 0 Å². The molecule has 0 radical (unpaired) electrons. The number of aromatic nitrogens is 1. The lowest BCUT2D eigenvalue weighted by atomic mass is 10.1. The Morgan fingerprint density at radius 3 is 2.70 bits per heavy atom. The maximum Gasteiger partial charge on any atom is 0.0309 e. The van der Waals surface area contributed by atoms with E-state index in [-0.39, 0.29) is 6.04 Å². The Kier molecular flexibility index (Phi) is 2.12. The topological polar surface area (TPSA) is 41.8 Å². The summed E-state index contributed by atoms with van der Waals surface area (Å²) < 4.78 is 0. The van der Waals surface area contributed by atoms with Crippen LogP contribution in [0.4, 0.5) is 0 Å². The molecule has 0 aliphatic heterocycles. The number of hydrogen-bond acceptors (Lipinski definition) is 1. The Bertz CT molecular complexity index is 203. The first-order valence-corrected chi connectivity index (χ1v) is 3.64. The summed E-state index contributed by atoms with van der Waals surface area (Å²) in [6.45, 7) is 4.17. The molecule has 0 aromatic carbocycles. The number of nitrogens with two attached hydrogens (primary N) is 1. The maximum absolute atomic E-state index is 5.82. The molecule has 0 fully saturated rings. The molecule has 1 aromatic heterocycles. The van der Waals surface area contributed by atoms with Gasteiger partial charge in [0.15, 0.2) is 0 Å². The molecule has 0 saturated carbocycles. The highest BCUT2D eigenvalue weighted by molar-refractivity contribution is 5.24. The highest BCUT2D eigenvalue weighted by atomic mass is 14.7. The van der Waals surface area contributed by atoms with E-state index in [0.29, 0.717) is 0 Å². The van der Waals surface area contributed by atoms with Gasteiger partial charge in [0.25, 0.3) is 0 Å². The molecule has 0 amide bonds. The first kappa shape index (κ1) is 7.35. The normalized spacial score (nSPS) is 13.5. The van der Waals surface area contributed by atoms with Crippen molar-refractivity contribution in [2.45, 2.75) is 26.3 Å². The van der Waals surface area contributed by atoms with Crippen LogP contribution >= 0.6 is 0 Å². The Balaban J connectivity index is 2.82. The second-order valence-corrected chi connectivity index (χ2v) is 2.61. The van der Waals surface area contributed by atoms with Gasteiger partial charge in [-0.3, -0.25) is 0 Å². The molecule has 10 heavy (non-hydrogen) atoms. The van der Waals surface area contributed by atoms with E-state index >= 15 is 0 Å². The van der Waals surface area contributed by atoms with Crippen molar-refractivity contribution in [1.82, 2.24) is 4.98 Å². The molecular weight excluding hydrogens is 124 g/mol. The van der Waals surface area contributed by atoms with Gasteiger partial charge in [-0.2, -0.15) is 0 Å². The fourth-order valence-electron chi connectivity index (χ4n) is 1.07. The van der Waals surface area contributed by atoms with Crippen LogP contribution in [0.3, 0.4) is 0 Å². The lowest BCUT2D eigenvalue weighted by Crippen LogP contribution is -2.08. The third-order valence-corrected chi connectivity index (χ3v) is 1.83. The van der Waals surface area contributed by atoms with E-state index in [1.54, 1.807) is 0 Å². The molecule has 56 valence electrons. The quantitative estimate of drug-likeness (QED) is 0.642. The monoisotopic (exact) mass is 138 g/mol. The first-order chi connectivity index (χ1) is 4.75. The molecule has 1 atom stereocenters. The van der Waals surface area contributed by atoms with Crippen LogP contribution in [0, 0.1) is 6.92 Å². The largest absolute Gasteiger partial charge is 0.367 e. The molecule has 2 heteroatoms. The average molecular weight is 138 g/mol. The van der Waals surface area contributed by atoms with Crippen LogP contribution in [0.5, 0.6) is 0 Å². The van der Waals surface area contributed by atoms with Gasteiger partial charge < -0.3 is 10.7 Å². The molecule has 1 unspecified atom stereocenters. The van der Waals surface area contributed by atoms with Crippen LogP contribution in [0.2, 0.25) is 0 Å². The van der Waals surface area contributed by atoms with Gasteiger partial charge in [-0.05, 0) is 24.5 Å². The lowest BCUT2D eigenvalue weighted by molar-refractivity contribution is 0.695. The zero-order chi connectivity index (χ0) is 7.56. The third kappa shape index (κ3) is 1.21. The van der Waals surface area contributed by atoms with Crippen molar-refractivity contribution >= 4 is 0 Å². The van der Waals surface area contributed by atoms with Gasteiger partial charge in [0.2, 0.25) is 0 Å². The predicted octanol–water partition coefficient (Wildman–Crippen LogP) is 1.73. The standard InChI is InChI=1S/C8H14N2/c1-3-8(9)7-5-10-4-6(7)2/h4-5,8,10H,3,9H2,1-2H3. The minimum Gasteiger partial charge on any atom is -0.367 e. The molecule has 3 N–H and O–H groups in total. The van der Waals surface area contributed by atoms with Gasteiger partial charge >= 0.3 is 0 Å². The first-order valence-electron chi connectivity index (χ1n) is 3.64. The maximum atomic E-state index is 5.82. The summed E-state index contributed by atoms with van der Waals surface area (Å²) in [5.74, 6) is 0. The van der Waals surface area contributed by atoms with E-state index in [2.05, 4.69) is 18.8 Å². The van der Waals surface area contributed by atoms with Gasteiger partial charge in [0, 0.05) is 18.4 Å². The summed E-state index contributed by atoms with van der Waals surface area (Å²) in [6.07, 6.45) is 4.95. The Morgan fingerprint density at radius 1 is 1.60 bits per heavy atom. The number of hydrogen-bond donors (Lipinski definition) is 2. The number of aromatic amines is 1. The van der Waals surface area contributed by atoms with Crippen molar-refractivity contribution in [3.63, 3.8) is 0 Å². The molecule has 1 rings (SSSR count). The second kappa shape index (κ2) is 2.88. The molecule has 0 aliphatic rings. The van der Waals surface area contributed by atoms with Crippen molar-refractivity contribution in [1.29, 1.82) is 0 Å². The highest BCUT2D eigenvalue weighted by Crippen LogP contribution is 2.16. The predicted molar refractivity (Wildman–Crippen MR) is 42.7 cm³/mol. The summed E-state index contributed by atoms with van der Waals surface area (Å²) in [7, 11) is 0. The summed E-state index contributed by atoms with van der Waals surface area (Å²) in [5, 5.41) is 0. The molecule has 0 bridgehead atoms. The van der Waals surface area contributed by atoms with E-state index in [1.165, 1.54) is 11.1 Å². The van der Waals surface area contributed by atoms with Crippen molar-refractivity contribution in [3.05, 3.63) is 23.5 Å².